The molecule has 1 rings (SSSR count). The molecule has 60 valence electrons. The standard InChI is InChI=1S/C6H9N3O2/c1-4-3-5(9-11-4)6(10)8-7-2/h3,7H,1-2H3,(H,8,10). The van der Waals surface area contributed by atoms with Gasteiger partial charge in [0.15, 0.2) is 5.69 Å². The fourth-order valence-corrected chi connectivity index (χ4v) is 0.651. The minimum absolute atomic E-state index is 0.275. The molecular formula is C6H9N3O2. The van der Waals surface area contributed by atoms with Gasteiger partial charge in [0.25, 0.3) is 5.91 Å². The number of rotatable bonds is 2. The predicted molar refractivity (Wildman–Crippen MR) is 37.8 cm³/mol. The lowest BCUT2D eigenvalue weighted by Crippen LogP contribution is -2.34. The summed E-state index contributed by atoms with van der Waals surface area (Å²) in [6.07, 6.45) is 0. The highest BCUT2D eigenvalue weighted by atomic mass is 16.5. The first kappa shape index (κ1) is 7.74. The lowest BCUT2D eigenvalue weighted by atomic mass is 10.4. The number of hydrogen-bond acceptors (Lipinski definition) is 4. The van der Waals surface area contributed by atoms with Gasteiger partial charge in [-0.25, -0.2) is 5.43 Å². The molecule has 0 spiro atoms. The van der Waals surface area contributed by atoms with Gasteiger partial charge in [0.05, 0.1) is 0 Å². The summed E-state index contributed by atoms with van der Waals surface area (Å²) in [5.74, 6) is 0.315. The number of hydrogen-bond donors (Lipinski definition) is 2. The molecule has 0 aromatic carbocycles. The Labute approximate surface area is 63.7 Å². The van der Waals surface area contributed by atoms with Gasteiger partial charge >= 0.3 is 0 Å². The van der Waals surface area contributed by atoms with Gasteiger partial charge in [-0.1, -0.05) is 5.16 Å². The van der Waals surface area contributed by atoms with E-state index in [0.717, 1.165) is 0 Å². The van der Waals surface area contributed by atoms with Gasteiger partial charge in [0.1, 0.15) is 5.76 Å². The predicted octanol–water partition coefficient (Wildman–Crippen LogP) is -0.153. The van der Waals surface area contributed by atoms with E-state index < -0.39 is 0 Å². The molecule has 0 aliphatic carbocycles. The van der Waals surface area contributed by atoms with Crippen molar-refractivity contribution in [1.29, 1.82) is 0 Å². The second-order valence-corrected chi connectivity index (χ2v) is 2.03. The number of aromatic nitrogens is 1. The normalized spacial score (nSPS) is 9.64. The van der Waals surface area contributed by atoms with E-state index in [1.807, 2.05) is 0 Å². The second-order valence-electron chi connectivity index (χ2n) is 2.03. The molecule has 0 aliphatic heterocycles. The zero-order valence-electron chi connectivity index (χ0n) is 6.34. The molecule has 5 heteroatoms. The number of nitrogens with one attached hydrogen (secondary N) is 2. The minimum atomic E-state index is -0.302. The molecule has 0 saturated heterocycles. The number of hydrazine groups is 1. The number of aryl methyl sites for hydroxylation is 1. The van der Waals surface area contributed by atoms with Crippen LogP contribution in [0.5, 0.6) is 0 Å². The number of amides is 1. The van der Waals surface area contributed by atoms with Crippen LogP contribution in [0.4, 0.5) is 0 Å². The van der Waals surface area contributed by atoms with Crippen molar-refractivity contribution >= 4 is 5.91 Å². The van der Waals surface area contributed by atoms with E-state index in [4.69, 9.17) is 4.52 Å². The molecular weight excluding hydrogens is 146 g/mol. The van der Waals surface area contributed by atoms with Crippen molar-refractivity contribution in [1.82, 2.24) is 16.0 Å². The maximum Gasteiger partial charge on any atom is 0.287 e. The van der Waals surface area contributed by atoms with E-state index in [-0.39, 0.29) is 11.6 Å². The Hall–Kier alpha value is -1.36. The average molecular weight is 155 g/mol. The molecule has 1 aromatic rings. The minimum Gasteiger partial charge on any atom is -0.361 e. The Morgan fingerprint density at radius 3 is 2.91 bits per heavy atom. The van der Waals surface area contributed by atoms with E-state index >= 15 is 0 Å². The Kier molecular flexibility index (Phi) is 2.22. The molecule has 0 unspecified atom stereocenters. The Morgan fingerprint density at radius 2 is 2.45 bits per heavy atom. The summed E-state index contributed by atoms with van der Waals surface area (Å²) in [5.41, 5.74) is 5.13. The van der Waals surface area contributed by atoms with Crippen molar-refractivity contribution in [2.45, 2.75) is 6.92 Å². The largest absolute Gasteiger partial charge is 0.361 e. The molecule has 1 heterocycles. The molecule has 0 aliphatic rings. The van der Waals surface area contributed by atoms with E-state index in [1.54, 1.807) is 20.0 Å². The van der Waals surface area contributed by atoms with Crippen molar-refractivity contribution in [3.05, 3.63) is 17.5 Å². The van der Waals surface area contributed by atoms with Crippen LogP contribution >= 0.6 is 0 Å². The van der Waals surface area contributed by atoms with Gasteiger partial charge in [-0.2, -0.15) is 0 Å². The van der Waals surface area contributed by atoms with Crippen molar-refractivity contribution in [3.63, 3.8) is 0 Å². The number of nitrogens with zero attached hydrogens (tertiary/aromatic N) is 1. The highest BCUT2D eigenvalue weighted by molar-refractivity contribution is 5.91. The van der Waals surface area contributed by atoms with Crippen LogP contribution in [0.15, 0.2) is 10.6 Å². The van der Waals surface area contributed by atoms with Crippen LogP contribution in [-0.2, 0) is 0 Å². The Balaban J connectivity index is 2.69. The average Bonchev–Trinajstić information content (AvgIpc) is 2.36. The monoisotopic (exact) mass is 155 g/mol. The van der Waals surface area contributed by atoms with Gasteiger partial charge in [-0.3, -0.25) is 10.2 Å². The van der Waals surface area contributed by atoms with E-state index in [0.29, 0.717) is 5.76 Å². The molecule has 0 saturated carbocycles. The maximum atomic E-state index is 11.0. The van der Waals surface area contributed by atoms with Crippen LogP contribution < -0.4 is 10.9 Å². The van der Waals surface area contributed by atoms with Crippen LogP contribution in [-0.4, -0.2) is 18.1 Å². The van der Waals surface area contributed by atoms with Crippen LogP contribution in [0.2, 0.25) is 0 Å². The van der Waals surface area contributed by atoms with Crippen molar-refractivity contribution in [2.75, 3.05) is 7.05 Å². The lowest BCUT2D eigenvalue weighted by Gasteiger charge is -1.95. The molecule has 2 N–H and O–H groups in total. The van der Waals surface area contributed by atoms with Crippen LogP contribution in [0.25, 0.3) is 0 Å². The zero-order chi connectivity index (χ0) is 8.27. The van der Waals surface area contributed by atoms with Gasteiger partial charge < -0.3 is 4.52 Å². The number of carbonyl (C=O) groups is 1. The van der Waals surface area contributed by atoms with Gasteiger partial charge in [0.2, 0.25) is 0 Å². The molecule has 0 bridgehead atoms. The van der Waals surface area contributed by atoms with Gasteiger partial charge in [0, 0.05) is 13.1 Å². The first-order valence-corrected chi connectivity index (χ1v) is 3.14. The summed E-state index contributed by atoms with van der Waals surface area (Å²) < 4.78 is 4.69. The zero-order valence-corrected chi connectivity index (χ0v) is 6.34. The van der Waals surface area contributed by atoms with Crippen molar-refractivity contribution in [2.24, 2.45) is 0 Å². The summed E-state index contributed by atoms with van der Waals surface area (Å²) in [7, 11) is 1.60. The third-order valence-corrected chi connectivity index (χ3v) is 1.10. The molecule has 0 atom stereocenters. The highest BCUT2D eigenvalue weighted by Gasteiger charge is 2.08. The molecule has 11 heavy (non-hydrogen) atoms. The molecule has 1 aromatic heterocycles. The molecule has 0 radical (unpaired) electrons. The van der Waals surface area contributed by atoms with Crippen molar-refractivity contribution in [3.8, 4) is 0 Å². The van der Waals surface area contributed by atoms with Crippen LogP contribution in [0.3, 0.4) is 0 Å². The first-order valence-electron chi connectivity index (χ1n) is 3.14. The summed E-state index contributed by atoms with van der Waals surface area (Å²) in [5, 5.41) is 3.51. The highest BCUT2D eigenvalue weighted by Crippen LogP contribution is 1.99. The summed E-state index contributed by atoms with van der Waals surface area (Å²) in [4.78, 5) is 11.0. The van der Waals surface area contributed by atoms with Crippen LogP contribution in [0, 0.1) is 6.92 Å². The fraction of sp³-hybridized carbons (Fsp3) is 0.333. The van der Waals surface area contributed by atoms with E-state index in [2.05, 4.69) is 16.0 Å². The topological polar surface area (TPSA) is 67.2 Å². The summed E-state index contributed by atoms with van der Waals surface area (Å²) >= 11 is 0. The molecule has 0 fully saturated rings. The third kappa shape index (κ3) is 1.78. The lowest BCUT2D eigenvalue weighted by molar-refractivity contribution is 0.0929. The SMILES string of the molecule is CNNC(=O)c1cc(C)on1. The third-order valence-electron chi connectivity index (χ3n) is 1.10. The summed E-state index contributed by atoms with van der Waals surface area (Å²) in [6.45, 7) is 1.73. The van der Waals surface area contributed by atoms with E-state index in [9.17, 15) is 4.79 Å². The Morgan fingerprint density at radius 1 is 1.73 bits per heavy atom. The number of carbonyl (C=O) groups excluding carboxylic acids is 1. The summed E-state index contributed by atoms with van der Waals surface area (Å²) in [6, 6.07) is 1.56. The fourth-order valence-electron chi connectivity index (χ4n) is 0.651. The Bertz CT molecular complexity index is 256. The molecule has 5 nitrogen and oxygen atoms in total. The smallest absolute Gasteiger partial charge is 0.287 e. The first-order chi connectivity index (χ1) is 5.24. The van der Waals surface area contributed by atoms with Gasteiger partial charge in [-0.15, -0.1) is 0 Å². The van der Waals surface area contributed by atoms with Crippen molar-refractivity contribution < 1.29 is 9.32 Å². The van der Waals surface area contributed by atoms with Gasteiger partial charge in [-0.05, 0) is 6.92 Å². The maximum absolute atomic E-state index is 11.0. The van der Waals surface area contributed by atoms with Crippen LogP contribution in [0.1, 0.15) is 16.2 Å². The second kappa shape index (κ2) is 3.16. The quantitative estimate of drug-likeness (QED) is 0.583. The molecule has 1 amide bonds. The van der Waals surface area contributed by atoms with E-state index in [1.165, 1.54) is 0 Å².